The Balaban J connectivity index is 1.59. The Morgan fingerprint density at radius 2 is 1.92 bits per heavy atom. The summed E-state index contributed by atoms with van der Waals surface area (Å²) >= 11 is 1.29. The van der Waals surface area contributed by atoms with Crippen LogP contribution in [0.25, 0.3) is 11.8 Å². The number of nitrogens with zero attached hydrogens (tertiary/aromatic N) is 5. The van der Waals surface area contributed by atoms with Crippen molar-refractivity contribution in [2.24, 2.45) is 10.7 Å². The molecule has 0 aliphatic carbocycles. The molecule has 4 aromatic rings. The van der Waals surface area contributed by atoms with Crippen LogP contribution in [0.3, 0.4) is 0 Å². The quantitative estimate of drug-likeness (QED) is 0.404. The van der Waals surface area contributed by atoms with Crippen LogP contribution in [0, 0.1) is 0 Å². The number of thiazole rings is 1. The number of benzene rings is 2. The number of ether oxygens (including phenoxy) is 1. The van der Waals surface area contributed by atoms with Gasteiger partial charge in [-0.15, -0.1) is 5.10 Å². The van der Waals surface area contributed by atoms with E-state index in [0.29, 0.717) is 32.8 Å². The summed E-state index contributed by atoms with van der Waals surface area (Å²) in [6.07, 6.45) is 3.60. The van der Waals surface area contributed by atoms with Gasteiger partial charge in [0.05, 0.1) is 46.0 Å². The molecule has 36 heavy (non-hydrogen) atoms. The smallest absolute Gasteiger partial charge is 0.338 e. The van der Waals surface area contributed by atoms with E-state index in [1.54, 1.807) is 29.3 Å². The van der Waals surface area contributed by atoms with Gasteiger partial charge in [-0.1, -0.05) is 59.0 Å². The molecular formula is C26H24N6O3S. The van der Waals surface area contributed by atoms with Crippen molar-refractivity contribution in [3.05, 3.63) is 109 Å². The Hall–Kier alpha value is -4.15. The van der Waals surface area contributed by atoms with Crippen LogP contribution in [-0.4, -0.2) is 32.1 Å². The average Bonchev–Trinajstić information content (AvgIpc) is 3.49. The summed E-state index contributed by atoms with van der Waals surface area (Å²) in [6, 6.07) is 16.5. The van der Waals surface area contributed by atoms with E-state index in [9.17, 15) is 9.59 Å². The van der Waals surface area contributed by atoms with Gasteiger partial charge in [0, 0.05) is 6.54 Å². The molecule has 9 nitrogen and oxygen atoms in total. The van der Waals surface area contributed by atoms with E-state index in [0.717, 1.165) is 16.8 Å². The third kappa shape index (κ3) is 4.32. The first-order valence-electron chi connectivity index (χ1n) is 11.5. The van der Waals surface area contributed by atoms with Crippen molar-refractivity contribution < 1.29 is 9.53 Å². The number of carbonyl (C=O) groups excluding carboxylic acids is 1. The summed E-state index contributed by atoms with van der Waals surface area (Å²) in [5.41, 5.74) is 9.52. The van der Waals surface area contributed by atoms with Crippen molar-refractivity contribution in [3.63, 3.8) is 0 Å². The second-order valence-electron chi connectivity index (χ2n) is 8.16. The maximum Gasteiger partial charge on any atom is 0.338 e. The van der Waals surface area contributed by atoms with Gasteiger partial charge in [-0.05, 0) is 43.2 Å². The molecule has 0 fully saturated rings. The van der Waals surface area contributed by atoms with Crippen LogP contribution in [0.1, 0.15) is 36.7 Å². The first kappa shape index (κ1) is 23.6. The zero-order chi connectivity index (χ0) is 25.2. The fourth-order valence-corrected chi connectivity index (χ4v) is 5.18. The largest absolute Gasteiger partial charge is 0.463 e. The van der Waals surface area contributed by atoms with Crippen molar-refractivity contribution in [3.8, 4) is 5.69 Å². The molecule has 0 saturated carbocycles. The predicted molar refractivity (Wildman–Crippen MR) is 136 cm³/mol. The topological polar surface area (TPSA) is 117 Å². The van der Waals surface area contributed by atoms with Gasteiger partial charge in [0.15, 0.2) is 4.80 Å². The maximum absolute atomic E-state index is 13.6. The van der Waals surface area contributed by atoms with Gasteiger partial charge in [0.1, 0.15) is 0 Å². The molecule has 0 saturated heterocycles. The fraction of sp³-hybridized carbons (Fsp3) is 0.192. The van der Waals surface area contributed by atoms with Gasteiger partial charge in [-0.3, -0.25) is 9.36 Å². The summed E-state index contributed by atoms with van der Waals surface area (Å²) in [7, 11) is 0. The van der Waals surface area contributed by atoms with Crippen molar-refractivity contribution in [2.45, 2.75) is 26.4 Å². The highest BCUT2D eigenvalue weighted by Crippen LogP contribution is 2.30. The summed E-state index contributed by atoms with van der Waals surface area (Å²) in [4.78, 5) is 31.7. The van der Waals surface area contributed by atoms with Crippen LogP contribution in [0.2, 0.25) is 0 Å². The Labute approximate surface area is 210 Å². The van der Waals surface area contributed by atoms with Gasteiger partial charge in [-0.2, -0.15) is 0 Å². The van der Waals surface area contributed by atoms with Gasteiger partial charge >= 0.3 is 5.97 Å². The average molecular weight is 501 g/mol. The lowest BCUT2D eigenvalue weighted by molar-refractivity contribution is -0.139. The molecule has 2 N–H and O–H groups in total. The highest BCUT2D eigenvalue weighted by molar-refractivity contribution is 7.07. The normalized spacial score (nSPS) is 15.5. The summed E-state index contributed by atoms with van der Waals surface area (Å²) in [6.45, 7) is 4.09. The van der Waals surface area contributed by atoms with Gasteiger partial charge < -0.3 is 10.5 Å². The zero-order valence-corrected chi connectivity index (χ0v) is 20.6. The zero-order valence-electron chi connectivity index (χ0n) is 19.8. The molecule has 0 radical (unpaired) electrons. The summed E-state index contributed by atoms with van der Waals surface area (Å²) in [5.74, 6) is -0.469. The molecule has 1 atom stereocenters. The molecule has 0 spiro atoms. The number of allylic oxidation sites excluding steroid dienone is 1. The number of hydrogen-bond acceptors (Lipinski definition) is 8. The molecule has 2 aromatic carbocycles. The second kappa shape index (κ2) is 9.84. The predicted octanol–water partition coefficient (Wildman–Crippen LogP) is 1.84. The molecule has 0 bridgehead atoms. The van der Waals surface area contributed by atoms with E-state index in [1.165, 1.54) is 11.3 Å². The highest BCUT2D eigenvalue weighted by Gasteiger charge is 2.33. The standard InChI is InChI=1S/C26H24N6O3S/c1-3-35-25(34)22-16(2)28-26-32(23(22)18-7-5-4-6-8-18)24(33)21(36-26)13-17-9-11-20(12-10-17)31-15-19(14-27)29-30-31/h4-13,15,23H,3,14,27H2,1-2H3/b21-13-. The lowest BCUT2D eigenvalue weighted by Crippen LogP contribution is -2.39. The van der Waals surface area contributed by atoms with Crippen LogP contribution < -0.4 is 20.6 Å². The lowest BCUT2D eigenvalue weighted by Gasteiger charge is -2.24. The van der Waals surface area contributed by atoms with Crippen molar-refractivity contribution in [2.75, 3.05) is 6.61 Å². The molecule has 5 rings (SSSR count). The fourth-order valence-electron chi connectivity index (χ4n) is 4.14. The highest BCUT2D eigenvalue weighted by atomic mass is 32.1. The second-order valence-corrected chi connectivity index (χ2v) is 9.17. The van der Waals surface area contributed by atoms with E-state index < -0.39 is 12.0 Å². The van der Waals surface area contributed by atoms with Crippen molar-refractivity contribution in [1.82, 2.24) is 19.6 Å². The van der Waals surface area contributed by atoms with Crippen LogP contribution in [0.5, 0.6) is 0 Å². The molecular weight excluding hydrogens is 476 g/mol. The number of nitrogens with two attached hydrogens (primary N) is 1. The minimum absolute atomic E-state index is 0.213. The van der Waals surface area contributed by atoms with E-state index in [1.807, 2.05) is 60.7 Å². The molecule has 2 aromatic heterocycles. The Morgan fingerprint density at radius 3 is 2.58 bits per heavy atom. The van der Waals surface area contributed by atoms with Crippen LogP contribution in [0.15, 0.2) is 81.9 Å². The number of carbonyl (C=O) groups is 1. The van der Waals surface area contributed by atoms with Crippen LogP contribution >= 0.6 is 11.3 Å². The van der Waals surface area contributed by atoms with Gasteiger partial charge in [0.2, 0.25) is 0 Å². The van der Waals surface area contributed by atoms with Crippen LogP contribution in [0.4, 0.5) is 0 Å². The van der Waals surface area contributed by atoms with E-state index in [-0.39, 0.29) is 12.2 Å². The first-order chi connectivity index (χ1) is 17.5. The van der Waals surface area contributed by atoms with E-state index in [2.05, 4.69) is 15.3 Å². The summed E-state index contributed by atoms with van der Waals surface area (Å²) in [5, 5.41) is 8.09. The third-order valence-corrected chi connectivity index (χ3v) is 6.82. The molecule has 3 heterocycles. The molecule has 1 unspecified atom stereocenters. The molecule has 10 heteroatoms. The van der Waals surface area contributed by atoms with Gasteiger partial charge in [-0.25, -0.2) is 14.5 Å². The number of esters is 1. The minimum Gasteiger partial charge on any atom is -0.463 e. The third-order valence-electron chi connectivity index (χ3n) is 5.84. The SMILES string of the molecule is CCOC(=O)C1=C(C)N=c2s/c(=C\c3ccc(-n4cc(CN)nn4)cc3)c(=O)n2C1c1ccccc1. The first-order valence-corrected chi connectivity index (χ1v) is 12.3. The Morgan fingerprint density at radius 1 is 1.17 bits per heavy atom. The Kier molecular flexibility index (Phi) is 6.45. The van der Waals surface area contributed by atoms with Gasteiger partial charge in [0.25, 0.3) is 5.56 Å². The molecule has 0 amide bonds. The summed E-state index contributed by atoms with van der Waals surface area (Å²) < 4.78 is 9.08. The number of rotatable bonds is 6. The molecule has 1 aliphatic rings. The minimum atomic E-state index is -0.616. The van der Waals surface area contributed by atoms with E-state index >= 15 is 0 Å². The van der Waals surface area contributed by atoms with E-state index in [4.69, 9.17) is 10.5 Å². The maximum atomic E-state index is 13.6. The van der Waals surface area contributed by atoms with Crippen LogP contribution in [-0.2, 0) is 16.1 Å². The van der Waals surface area contributed by atoms with Crippen molar-refractivity contribution >= 4 is 23.4 Å². The number of hydrogen-bond donors (Lipinski definition) is 1. The molecule has 1 aliphatic heterocycles. The van der Waals surface area contributed by atoms with Crippen molar-refractivity contribution in [1.29, 1.82) is 0 Å². The molecule has 182 valence electrons. The Bertz CT molecular complexity index is 1630. The number of fused-ring (bicyclic) bond motifs is 1. The monoisotopic (exact) mass is 500 g/mol. The lowest BCUT2D eigenvalue weighted by atomic mass is 9.96. The number of aromatic nitrogens is 4.